The highest BCUT2D eigenvalue weighted by Crippen LogP contribution is 2.57. The van der Waals surface area contributed by atoms with Crippen LogP contribution in [0.4, 0.5) is 0 Å². The van der Waals surface area contributed by atoms with Gasteiger partial charge in [-0.05, 0) is 42.4 Å². The minimum atomic E-state index is -1.23. The molecule has 0 amide bonds. The topological polar surface area (TPSA) is 80.7 Å². The number of rotatable bonds is 2. The molecule has 1 N–H and O–H groups in total. The zero-order valence-corrected chi connectivity index (χ0v) is 16.5. The molecule has 0 aromatic heterocycles. The minimum Gasteiger partial charge on any atom is -0.462 e. The minimum absolute atomic E-state index is 0.0372. The Morgan fingerprint density at radius 3 is 2.42 bits per heavy atom. The molecular formula is C21H32O5. The molecule has 3 aliphatic rings. The molecule has 3 saturated carbocycles. The van der Waals surface area contributed by atoms with Crippen LogP contribution < -0.4 is 0 Å². The Labute approximate surface area is 155 Å². The van der Waals surface area contributed by atoms with Crippen molar-refractivity contribution in [1.82, 2.24) is 0 Å². The van der Waals surface area contributed by atoms with Crippen LogP contribution in [0.1, 0.15) is 60.3 Å². The number of ketones is 2. The van der Waals surface area contributed by atoms with Gasteiger partial charge in [0.1, 0.15) is 18.0 Å². The summed E-state index contributed by atoms with van der Waals surface area (Å²) in [6, 6.07) is 0. The zero-order valence-electron chi connectivity index (χ0n) is 16.5. The third-order valence-corrected chi connectivity index (χ3v) is 7.27. The highest BCUT2D eigenvalue weighted by Gasteiger charge is 2.61. The van der Waals surface area contributed by atoms with E-state index in [1.807, 2.05) is 13.8 Å². The molecule has 3 rings (SSSR count). The van der Waals surface area contributed by atoms with Crippen molar-refractivity contribution in [3.8, 4) is 0 Å². The van der Waals surface area contributed by atoms with Gasteiger partial charge in [-0.3, -0.25) is 14.4 Å². The molecule has 26 heavy (non-hydrogen) atoms. The van der Waals surface area contributed by atoms with Gasteiger partial charge in [-0.25, -0.2) is 0 Å². The summed E-state index contributed by atoms with van der Waals surface area (Å²) in [6.07, 6.45) is 1.85. The van der Waals surface area contributed by atoms with Crippen molar-refractivity contribution in [2.45, 2.75) is 72.5 Å². The van der Waals surface area contributed by atoms with Gasteiger partial charge in [0.2, 0.25) is 0 Å². The maximum Gasteiger partial charge on any atom is 0.302 e. The fraction of sp³-hybridized carbons (Fsp3) is 0.857. The van der Waals surface area contributed by atoms with E-state index in [-0.39, 0.29) is 34.7 Å². The van der Waals surface area contributed by atoms with Gasteiger partial charge in [-0.15, -0.1) is 0 Å². The van der Waals surface area contributed by atoms with Crippen LogP contribution in [0.15, 0.2) is 0 Å². The molecule has 7 atom stereocenters. The Bertz CT molecular complexity index is 608. The fourth-order valence-corrected chi connectivity index (χ4v) is 6.11. The monoisotopic (exact) mass is 364 g/mol. The van der Waals surface area contributed by atoms with Gasteiger partial charge in [-0.2, -0.15) is 0 Å². The summed E-state index contributed by atoms with van der Waals surface area (Å²) in [6.45, 7) is 9.48. The lowest BCUT2D eigenvalue weighted by Gasteiger charge is -2.56. The third kappa shape index (κ3) is 3.02. The Kier molecular flexibility index (Phi) is 5.06. The van der Waals surface area contributed by atoms with Crippen molar-refractivity contribution in [2.24, 2.45) is 40.9 Å². The number of ether oxygens (including phenoxy) is 1. The van der Waals surface area contributed by atoms with Gasteiger partial charge < -0.3 is 9.84 Å². The lowest BCUT2D eigenvalue weighted by Crippen LogP contribution is -2.63. The number of carbonyl (C=O) groups is 3. The quantitative estimate of drug-likeness (QED) is 0.762. The summed E-state index contributed by atoms with van der Waals surface area (Å²) in [5, 5.41) is 10.6. The van der Waals surface area contributed by atoms with Crippen LogP contribution in [-0.4, -0.2) is 34.9 Å². The first-order chi connectivity index (χ1) is 12.1. The SMILES string of the molecule is CC(=O)O[C@@H]1C[C@@H]2[C@H](CCCC2(C)C)[C@@H]2C(=O)[C@H](O)[C@H](C(C)C)C(=O)[C@@H]21. The van der Waals surface area contributed by atoms with Gasteiger partial charge in [-0.1, -0.05) is 34.1 Å². The molecule has 5 heteroatoms. The second kappa shape index (κ2) is 6.74. The molecule has 0 radical (unpaired) electrons. The van der Waals surface area contributed by atoms with E-state index < -0.39 is 35.9 Å². The van der Waals surface area contributed by atoms with Gasteiger partial charge in [0, 0.05) is 12.8 Å². The second-order valence-corrected chi connectivity index (χ2v) is 9.61. The molecule has 3 fully saturated rings. The number of carbonyl (C=O) groups excluding carboxylic acids is 3. The highest BCUT2D eigenvalue weighted by molar-refractivity contribution is 6.01. The molecule has 3 aliphatic carbocycles. The first-order valence-corrected chi connectivity index (χ1v) is 9.99. The number of aliphatic hydroxyl groups excluding tert-OH is 1. The van der Waals surface area contributed by atoms with E-state index in [4.69, 9.17) is 4.74 Å². The van der Waals surface area contributed by atoms with E-state index >= 15 is 0 Å². The average Bonchev–Trinajstić information content (AvgIpc) is 2.51. The van der Waals surface area contributed by atoms with Crippen LogP contribution in [0.3, 0.4) is 0 Å². The number of hydrogen-bond acceptors (Lipinski definition) is 5. The summed E-state index contributed by atoms with van der Waals surface area (Å²) < 4.78 is 5.59. The molecule has 5 nitrogen and oxygen atoms in total. The number of Topliss-reactive ketones (excluding diaryl/α,β-unsaturated/α-hetero) is 2. The van der Waals surface area contributed by atoms with E-state index in [9.17, 15) is 19.5 Å². The van der Waals surface area contributed by atoms with Crippen molar-refractivity contribution in [2.75, 3.05) is 0 Å². The lowest BCUT2D eigenvalue weighted by atomic mass is 9.49. The lowest BCUT2D eigenvalue weighted by molar-refractivity contribution is -0.184. The number of hydrogen-bond donors (Lipinski definition) is 1. The summed E-state index contributed by atoms with van der Waals surface area (Å²) in [7, 11) is 0. The van der Waals surface area contributed by atoms with Crippen molar-refractivity contribution in [3.05, 3.63) is 0 Å². The number of esters is 1. The zero-order chi connectivity index (χ0) is 19.4. The molecule has 0 aromatic carbocycles. The van der Waals surface area contributed by atoms with Gasteiger partial charge >= 0.3 is 5.97 Å². The van der Waals surface area contributed by atoms with Crippen molar-refractivity contribution in [1.29, 1.82) is 0 Å². The highest BCUT2D eigenvalue weighted by atomic mass is 16.5. The maximum absolute atomic E-state index is 13.3. The molecule has 0 saturated heterocycles. The number of aliphatic hydroxyl groups is 1. The van der Waals surface area contributed by atoms with E-state index in [0.29, 0.717) is 6.42 Å². The summed E-state index contributed by atoms with van der Waals surface area (Å²) in [5.41, 5.74) is 0.0372. The Morgan fingerprint density at radius 2 is 1.85 bits per heavy atom. The van der Waals surface area contributed by atoms with E-state index in [0.717, 1.165) is 19.3 Å². The largest absolute Gasteiger partial charge is 0.462 e. The van der Waals surface area contributed by atoms with Crippen LogP contribution in [0.5, 0.6) is 0 Å². The average molecular weight is 364 g/mol. The predicted octanol–water partition coefficient (Wildman–Crippen LogP) is 2.78. The predicted molar refractivity (Wildman–Crippen MR) is 96.1 cm³/mol. The van der Waals surface area contributed by atoms with Gasteiger partial charge in [0.15, 0.2) is 5.78 Å². The molecule has 0 spiro atoms. The molecule has 0 heterocycles. The normalized spacial score (nSPS) is 42.2. The maximum atomic E-state index is 13.3. The summed E-state index contributed by atoms with van der Waals surface area (Å²) >= 11 is 0. The Balaban J connectivity index is 2.05. The van der Waals surface area contributed by atoms with E-state index in [1.54, 1.807) is 0 Å². The first kappa shape index (κ1) is 19.5. The standard InChI is InChI=1S/C21H32O5/c1-10(2)15-18(23)17-14(26-11(3)22)9-13-12(7-6-8-21(13,4)5)16(17)20(25)19(15)24/h10,12-17,19,24H,6-9H2,1-5H3/t12-,13+,14+,15+,16-,17+,19+/m0/s1. The molecule has 0 aliphatic heterocycles. The molecule has 0 aromatic rings. The van der Waals surface area contributed by atoms with Crippen molar-refractivity contribution >= 4 is 17.5 Å². The number of fused-ring (bicyclic) bond motifs is 3. The fourth-order valence-electron chi connectivity index (χ4n) is 6.11. The Morgan fingerprint density at radius 1 is 1.19 bits per heavy atom. The molecular weight excluding hydrogens is 332 g/mol. The van der Waals surface area contributed by atoms with Crippen molar-refractivity contribution in [3.63, 3.8) is 0 Å². The smallest absolute Gasteiger partial charge is 0.302 e. The summed E-state index contributed by atoms with van der Waals surface area (Å²) in [5.74, 6) is -2.34. The van der Waals surface area contributed by atoms with Crippen LogP contribution in [0, 0.1) is 40.9 Å². The van der Waals surface area contributed by atoms with Gasteiger partial charge in [0.05, 0.1) is 11.8 Å². The van der Waals surface area contributed by atoms with E-state index in [2.05, 4.69) is 13.8 Å². The molecule has 0 unspecified atom stereocenters. The van der Waals surface area contributed by atoms with Crippen LogP contribution >= 0.6 is 0 Å². The van der Waals surface area contributed by atoms with Gasteiger partial charge in [0.25, 0.3) is 0 Å². The van der Waals surface area contributed by atoms with Crippen molar-refractivity contribution < 1.29 is 24.2 Å². The van der Waals surface area contributed by atoms with E-state index in [1.165, 1.54) is 6.92 Å². The van der Waals surface area contributed by atoms with Crippen LogP contribution in [-0.2, 0) is 19.1 Å². The Hall–Kier alpha value is -1.23. The molecule has 146 valence electrons. The van der Waals surface area contributed by atoms with Crippen LogP contribution in [0.2, 0.25) is 0 Å². The van der Waals surface area contributed by atoms with Crippen LogP contribution in [0.25, 0.3) is 0 Å². The summed E-state index contributed by atoms with van der Waals surface area (Å²) in [4.78, 5) is 38.2. The molecule has 0 bridgehead atoms. The second-order valence-electron chi connectivity index (χ2n) is 9.61. The third-order valence-electron chi connectivity index (χ3n) is 7.27. The first-order valence-electron chi connectivity index (χ1n) is 9.99.